The van der Waals surface area contributed by atoms with Crippen LogP contribution in [-0.4, -0.2) is 18.5 Å². The second-order valence-electron chi connectivity index (χ2n) is 6.16. The van der Waals surface area contributed by atoms with Gasteiger partial charge in [-0.05, 0) is 43.6 Å². The molecule has 3 nitrogen and oxygen atoms in total. The second kappa shape index (κ2) is 6.25. The van der Waals surface area contributed by atoms with Crippen molar-refractivity contribution >= 4 is 18.3 Å². The van der Waals surface area contributed by atoms with Gasteiger partial charge in [0.15, 0.2) is 0 Å². The Kier molecular flexibility index (Phi) is 5.47. The Labute approximate surface area is 117 Å². The number of nitrogens with two attached hydrogens (primary N) is 1. The Bertz CT molecular complexity index is 298. The Morgan fingerprint density at radius 3 is 2.61 bits per heavy atom. The molecular weight excluding hydrogens is 248 g/mol. The minimum atomic E-state index is 0. The van der Waals surface area contributed by atoms with Crippen molar-refractivity contribution in [3.63, 3.8) is 0 Å². The van der Waals surface area contributed by atoms with E-state index in [4.69, 9.17) is 5.73 Å². The molecule has 4 heteroatoms. The quantitative estimate of drug-likeness (QED) is 0.828. The van der Waals surface area contributed by atoms with Crippen LogP contribution in [0.2, 0.25) is 0 Å². The lowest BCUT2D eigenvalue weighted by atomic mass is 9.84. The molecule has 0 bridgehead atoms. The van der Waals surface area contributed by atoms with E-state index in [-0.39, 0.29) is 29.6 Å². The molecule has 4 atom stereocenters. The fourth-order valence-electron chi connectivity index (χ4n) is 3.17. The fraction of sp³-hybridized carbons (Fsp3) is 0.929. The molecule has 2 saturated carbocycles. The maximum Gasteiger partial charge on any atom is 0.223 e. The van der Waals surface area contributed by atoms with Crippen LogP contribution in [0, 0.1) is 17.3 Å². The number of nitrogens with one attached hydrogen (secondary N) is 1. The topological polar surface area (TPSA) is 55.1 Å². The number of halogens is 1. The van der Waals surface area contributed by atoms with Gasteiger partial charge in [0.2, 0.25) is 5.91 Å². The fourth-order valence-corrected chi connectivity index (χ4v) is 3.17. The smallest absolute Gasteiger partial charge is 0.223 e. The first-order valence-corrected chi connectivity index (χ1v) is 7.11. The average Bonchev–Trinajstić information content (AvgIpc) is 3.03. The van der Waals surface area contributed by atoms with Gasteiger partial charge in [0.05, 0.1) is 0 Å². The summed E-state index contributed by atoms with van der Waals surface area (Å²) in [6.45, 7) is 5.11. The summed E-state index contributed by atoms with van der Waals surface area (Å²) in [7, 11) is 0. The van der Waals surface area contributed by atoms with E-state index in [0.717, 1.165) is 19.3 Å². The van der Waals surface area contributed by atoms with Crippen molar-refractivity contribution in [1.29, 1.82) is 0 Å². The van der Waals surface area contributed by atoms with Crippen LogP contribution in [0.1, 0.15) is 52.4 Å². The van der Waals surface area contributed by atoms with Crippen LogP contribution in [0.5, 0.6) is 0 Å². The molecule has 18 heavy (non-hydrogen) atoms. The standard InChI is InChI=1S/C14H26N2O.ClH/c1-3-14(2)8-11(14)13(17)16-12-7-5-4-6-10(12)9-15;/h10-12H,3-9,15H2,1-2H3,(H,16,17);1H. The van der Waals surface area contributed by atoms with E-state index in [0.29, 0.717) is 18.5 Å². The second-order valence-corrected chi connectivity index (χ2v) is 6.16. The lowest BCUT2D eigenvalue weighted by molar-refractivity contribution is -0.124. The van der Waals surface area contributed by atoms with Gasteiger partial charge in [0.1, 0.15) is 0 Å². The van der Waals surface area contributed by atoms with Crippen LogP contribution < -0.4 is 11.1 Å². The average molecular weight is 275 g/mol. The first-order chi connectivity index (χ1) is 8.10. The lowest BCUT2D eigenvalue weighted by Gasteiger charge is -2.31. The van der Waals surface area contributed by atoms with Gasteiger partial charge in [0, 0.05) is 12.0 Å². The summed E-state index contributed by atoms with van der Waals surface area (Å²) in [5, 5.41) is 3.25. The number of amides is 1. The van der Waals surface area contributed by atoms with E-state index in [1.54, 1.807) is 0 Å². The minimum absolute atomic E-state index is 0. The highest BCUT2D eigenvalue weighted by atomic mass is 35.5. The summed E-state index contributed by atoms with van der Waals surface area (Å²) in [4.78, 5) is 12.2. The maximum atomic E-state index is 12.2. The van der Waals surface area contributed by atoms with Gasteiger partial charge in [0.25, 0.3) is 0 Å². The predicted octanol–water partition coefficient (Wildman–Crippen LogP) is 2.48. The molecule has 0 saturated heterocycles. The van der Waals surface area contributed by atoms with Crippen LogP contribution in [0.15, 0.2) is 0 Å². The Balaban J connectivity index is 0.00000162. The van der Waals surface area contributed by atoms with Crippen molar-refractivity contribution in [2.24, 2.45) is 23.0 Å². The molecule has 1 amide bonds. The molecule has 0 heterocycles. The normalized spacial score (nSPS) is 38.7. The van der Waals surface area contributed by atoms with Crippen LogP contribution in [0.3, 0.4) is 0 Å². The third-order valence-corrected chi connectivity index (χ3v) is 5.02. The van der Waals surface area contributed by atoms with Gasteiger partial charge < -0.3 is 11.1 Å². The van der Waals surface area contributed by atoms with Gasteiger partial charge >= 0.3 is 0 Å². The monoisotopic (exact) mass is 274 g/mol. The third-order valence-electron chi connectivity index (χ3n) is 5.02. The lowest BCUT2D eigenvalue weighted by Crippen LogP contribution is -2.45. The van der Waals surface area contributed by atoms with Crippen LogP contribution in [-0.2, 0) is 4.79 Å². The molecule has 0 aliphatic heterocycles. The Hall–Kier alpha value is -0.280. The van der Waals surface area contributed by atoms with Crippen LogP contribution in [0.25, 0.3) is 0 Å². The summed E-state index contributed by atoms with van der Waals surface area (Å²) in [5.41, 5.74) is 6.06. The molecule has 2 fully saturated rings. The largest absolute Gasteiger partial charge is 0.353 e. The molecule has 0 aromatic carbocycles. The molecule has 106 valence electrons. The zero-order valence-corrected chi connectivity index (χ0v) is 12.4. The molecule has 2 rings (SSSR count). The molecule has 0 spiro atoms. The summed E-state index contributed by atoms with van der Waals surface area (Å²) in [6.07, 6.45) is 6.97. The molecule has 2 aliphatic carbocycles. The van der Waals surface area contributed by atoms with Crippen LogP contribution >= 0.6 is 12.4 Å². The van der Waals surface area contributed by atoms with Crippen molar-refractivity contribution in [2.45, 2.75) is 58.4 Å². The van der Waals surface area contributed by atoms with E-state index in [2.05, 4.69) is 19.2 Å². The van der Waals surface area contributed by atoms with E-state index in [1.165, 1.54) is 19.3 Å². The third kappa shape index (κ3) is 3.18. The van der Waals surface area contributed by atoms with Crippen molar-refractivity contribution < 1.29 is 4.79 Å². The zero-order chi connectivity index (χ0) is 12.5. The predicted molar refractivity (Wildman–Crippen MR) is 76.7 cm³/mol. The summed E-state index contributed by atoms with van der Waals surface area (Å²) >= 11 is 0. The molecular formula is C14H27ClN2O. The van der Waals surface area contributed by atoms with Gasteiger partial charge in [-0.2, -0.15) is 0 Å². The minimum Gasteiger partial charge on any atom is -0.353 e. The zero-order valence-electron chi connectivity index (χ0n) is 11.6. The van der Waals surface area contributed by atoms with Gasteiger partial charge in [-0.15, -0.1) is 12.4 Å². The number of carbonyl (C=O) groups excluding carboxylic acids is 1. The Morgan fingerprint density at radius 1 is 1.39 bits per heavy atom. The SMILES string of the molecule is CCC1(C)CC1C(=O)NC1CCCCC1CN.Cl. The highest BCUT2D eigenvalue weighted by Crippen LogP contribution is 2.54. The van der Waals surface area contributed by atoms with Crippen molar-refractivity contribution in [3.8, 4) is 0 Å². The maximum absolute atomic E-state index is 12.2. The van der Waals surface area contributed by atoms with Gasteiger partial charge in [-0.1, -0.05) is 26.7 Å². The van der Waals surface area contributed by atoms with E-state index in [1.807, 2.05) is 0 Å². The molecule has 0 aromatic heterocycles. The molecule has 0 aromatic rings. The van der Waals surface area contributed by atoms with Crippen LogP contribution in [0.4, 0.5) is 0 Å². The first-order valence-electron chi connectivity index (χ1n) is 7.11. The number of hydrogen-bond donors (Lipinski definition) is 2. The van der Waals surface area contributed by atoms with Gasteiger partial charge in [-0.25, -0.2) is 0 Å². The number of rotatable bonds is 4. The summed E-state index contributed by atoms with van der Waals surface area (Å²) in [6, 6.07) is 0.336. The number of carbonyl (C=O) groups is 1. The number of hydrogen-bond acceptors (Lipinski definition) is 2. The summed E-state index contributed by atoms with van der Waals surface area (Å²) < 4.78 is 0. The molecule has 4 unspecified atom stereocenters. The molecule has 2 aliphatic rings. The van der Waals surface area contributed by atoms with Crippen molar-refractivity contribution in [3.05, 3.63) is 0 Å². The van der Waals surface area contributed by atoms with Crippen molar-refractivity contribution in [1.82, 2.24) is 5.32 Å². The van der Waals surface area contributed by atoms with Crippen molar-refractivity contribution in [2.75, 3.05) is 6.54 Å². The molecule has 0 radical (unpaired) electrons. The van der Waals surface area contributed by atoms with Gasteiger partial charge in [-0.3, -0.25) is 4.79 Å². The van der Waals surface area contributed by atoms with E-state index < -0.39 is 0 Å². The van der Waals surface area contributed by atoms with E-state index >= 15 is 0 Å². The Morgan fingerprint density at radius 2 is 2.06 bits per heavy atom. The summed E-state index contributed by atoms with van der Waals surface area (Å²) in [5.74, 6) is 1.03. The highest BCUT2D eigenvalue weighted by molar-refractivity contribution is 5.85. The highest BCUT2D eigenvalue weighted by Gasteiger charge is 2.53. The first kappa shape index (κ1) is 15.8. The van der Waals surface area contributed by atoms with E-state index in [9.17, 15) is 4.79 Å². The molecule has 3 N–H and O–H groups in total.